The van der Waals surface area contributed by atoms with E-state index in [1.54, 1.807) is 73.8 Å². The summed E-state index contributed by atoms with van der Waals surface area (Å²) in [6, 6.07) is 20.1. The average Bonchev–Trinajstić information content (AvgIpc) is 2.80. The number of esters is 1. The topological polar surface area (TPSA) is 106 Å². The number of benzene rings is 3. The SMILES string of the molecule is COc1ccc(C(=O)Oc2ccc(C=NNC(=O)C(=O)Nc3cccc(C)c3)cc2)cc1. The summed E-state index contributed by atoms with van der Waals surface area (Å²) < 4.78 is 10.4. The van der Waals surface area contributed by atoms with Gasteiger partial charge < -0.3 is 14.8 Å². The summed E-state index contributed by atoms with van der Waals surface area (Å²) in [6.07, 6.45) is 1.37. The van der Waals surface area contributed by atoms with Crippen LogP contribution >= 0.6 is 0 Å². The van der Waals surface area contributed by atoms with E-state index in [1.807, 2.05) is 13.0 Å². The number of nitrogens with one attached hydrogen (secondary N) is 2. The molecule has 0 saturated carbocycles. The molecule has 3 aromatic carbocycles. The zero-order valence-electron chi connectivity index (χ0n) is 17.5. The Morgan fingerprint density at radius 2 is 1.56 bits per heavy atom. The van der Waals surface area contributed by atoms with Gasteiger partial charge >= 0.3 is 17.8 Å². The van der Waals surface area contributed by atoms with Crippen LogP contribution in [0.2, 0.25) is 0 Å². The van der Waals surface area contributed by atoms with Crippen molar-refractivity contribution in [2.45, 2.75) is 6.92 Å². The molecule has 0 heterocycles. The highest BCUT2D eigenvalue weighted by Gasteiger charge is 2.13. The molecule has 0 aliphatic heterocycles. The second-order valence-corrected chi connectivity index (χ2v) is 6.71. The van der Waals surface area contributed by atoms with Crippen LogP contribution in [0.1, 0.15) is 21.5 Å². The molecule has 3 rings (SSSR count). The van der Waals surface area contributed by atoms with Gasteiger partial charge in [-0.05, 0) is 78.7 Å². The number of nitrogens with zero attached hydrogens (tertiary/aromatic N) is 1. The predicted molar refractivity (Wildman–Crippen MR) is 120 cm³/mol. The second-order valence-electron chi connectivity index (χ2n) is 6.71. The maximum atomic E-state index is 12.2. The molecule has 0 bridgehead atoms. The van der Waals surface area contributed by atoms with Gasteiger partial charge in [-0.25, -0.2) is 10.2 Å². The van der Waals surface area contributed by atoms with Crippen LogP contribution in [-0.2, 0) is 9.59 Å². The minimum Gasteiger partial charge on any atom is -0.497 e. The van der Waals surface area contributed by atoms with Crippen molar-refractivity contribution in [3.8, 4) is 11.5 Å². The van der Waals surface area contributed by atoms with Gasteiger partial charge in [-0.15, -0.1) is 0 Å². The number of anilines is 1. The number of hydrogen-bond donors (Lipinski definition) is 2. The Kier molecular flexibility index (Phi) is 7.32. The molecule has 0 atom stereocenters. The molecule has 2 amide bonds. The Morgan fingerprint density at radius 1 is 0.875 bits per heavy atom. The Labute approximate surface area is 184 Å². The minimum atomic E-state index is -0.896. The van der Waals surface area contributed by atoms with Gasteiger partial charge in [0.05, 0.1) is 18.9 Å². The van der Waals surface area contributed by atoms with E-state index in [1.165, 1.54) is 6.21 Å². The van der Waals surface area contributed by atoms with Crippen molar-refractivity contribution in [3.05, 3.63) is 89.5 Å². The molecule has 0 aliphatic rings. The van der Waals surface area contributed by atoms with Crippen LogP contribution in [0, 0.1) is 6.92 Å². The number of carbonyl (C=O) groups excluding carboxylic acids is 3. The Morgan fingerprint density at radius 3 is 2.22 bits per heavy atom. The Bertz CT molecular complexity index is 1140. The lowest BCUT2D eigenvalue weighted by molar-refractivity contribution is -0.136. The van der Waals surface area contributed by atoms with Crippen LogP contribution in [-0.4, -0.2) is 31.1 Å². The van der Waals surface area contributed by atoms with Gasteiger partial charge in [-0.3, -0.25) is 9.59 Å². The number of amides is 2. The molecule has 0 aromatic heterocycles. The second kappa shape index (κ2) is 10.5. The quantitative estimate of drug-likeness (QED) is 0.205. The molecule has 0 aliphatic carbocycles. The number of methoxy groups -OCH3 is 1. The summed E-state index contributed by atoms with van der Waals surface area (Å²) in [7, 11) is 1.55. The van der Waals surface area contributed by atoms with Gasteiger partial charge in [-0.1, -0.05) is 12.1 Å². The third kappa shape index (κ3) is 6.27. The molecular weight excluding hydrogens is 410 g/mol. The van der Waals surface area contributed by atoms with Crippen molar-refractivity contribution in [2.24, 2.45) is 5.10 Å². The van der Waals surface area contributed by atoms with Crippen LogP contribution in [0.3, 0.4) is 0 Å². The first kappa shape index (κ1) is 22.2. The number of rotatable bonds is 6. The van der Waals surface area contributed by atoms with Crippen molar-refractivity contribution in [1.82, 2.24) is 5.43 Å². The van der Waals surface area contributed by atoms with Gasteiger partial charge in [0.25, 0.3) is 0 Å². The van der Waals surface area contributed by atoms with Crippen LogP contribution in [0.4, 0.5) is 5.69 Å². The molecule has 3 aromatic rings. The van der Waals surface area contributed by atoms with Gasteiger partial charge in [0.2, 0.25) is 0 Å². The Hall–Kier alpha value is -4.46. The van der Waals surface area contributed by atoms with Gasteiger partial charge in [0.1, 0.15) is 11.5 Å². The molecule has 0 spiro atoms. The first-order valence-corrected chi connectivity index (χ1v) is 9.62. The molecular formula is C24H21N3O5. The number of hydrogen-bond acceptors (Lipinski definition) is 6. The van der Waals surface area contributed by atoms with Gasteiger partial charge in [-0.2, -0.15) is 5.10 Å². The zero-order chi connectivity index (χ0) is 22.9. The van der Waals surface area contributed by atoms with Crippen molar-refractivity contribution < 1.29 is 23.9 Å². The van der Waals surface area contributed by atoms with Gasteiger partial charge in [0.15, 0.2) is 0 Å². The van der Waals surface area contributed by atoms with E-state index in [0.29, 0.717) is 28.3 Å². The van der Waals surface area contributed by atoms with Crippen molar-refractivity contribution in [3.63, 3.8) is 0 Å². The molecule has 2 N–H and O–H groups in total. The summed E-state index contributed by atoms with van der Waals surface area (Å²) in [5.74, 6) is -1.23. The van der Waals surface area contributed by atoms with Crippen LogP contribution in [0.25, 0.3) is 0 Å². The lowest BCUT2D eigenvalue weighted by Gasteiger charge is -2.06. The van der Waals surface area contributed by atoms with E-state index in [0.717, 1.165) is 5.56 Å². The fourth-order valence-corrected chi connectivity index (χ4v) is 2.64. The summed E-state index contributed by atoms with van der Waals surface area (Å²) in [6.45, 7) is 1.88. The third-order valence-corrected chi connectivity index (χ3v) is 4.28. The van der Waals surface area contributed by atoms with Crippen molar-refractivity contribution >= 4 is 29.7 Å². The van der Waals surface area contributed by atoms with Crippen LogP contribution < -0.4 is 20.2 Å². The van der Waals surface area contributed by atoms with E-state index in [-0.39, 0.29) is 0 Å². The molecule has 162 valence electrons. The molecule has 0 saturated heterocycles. The first-order valence-electron chi connectivity index (χ1n) is 9.62. The highest BCUT2D eigenvalue weighted by Crippen LogP contribution is 2.16. The Balaban J connectivity index is 1.50. The lowest BCUT2D eigenvalue weighted by atomic mass is 10.2. The summed E-state index contributed by atoms with van der Waals surface area (Å²) in [5.41, 5.74) is 4.67. The maximum Gasteiger partial charge on any atom is 0.343 e. The standard InChI is InChI=1S/C24H21N3O5/c1-16-4-3-5-19(14-16)26-22(28)23(29)27-25-15-17-6-10-21(11-7-17)32-24(30)18-8-12-20(31-2)13-9-18/h3-15H,1-2H3,(H,26,28)(H,27,29). The molecule has 0 radical (unpaired) electrons. The summed E-state index contributed by atoms with van der Waals surface area (Å²) >= 11 is 0. The van der Waals surface area contributed by atoms with E-state index < -0.39 is 17.8 Å². The molecule has 8 nitrogen and oxygen atoms in total. The largest absolute Gasteiger partial charge is 0.497 e. The van der Waals surface area contributed by atoms with E-state index in [2.05, 4.69) is 15.8 Å². The number of ether oxygens (including phenoxy) is 2. The van der Waals surface area contributed by atoms with Gasteiger partial charge in [0, 0.05) is 5.69 Å². The first-order chi connectivity index (χ1) is 15.4. The van der Waals surface area contributed by atoms with E-state index in [9.17, 15) is 14.4 Å². The van der Waals surface area contributed by atoms with E-state index in [4.69, 9.17) is 9.47 Å². The highest BCUT2D eigenvalue weighted by molar-refractivity contribution is 6.39. The lowest BCUT2D eigenvalue weighted by Crippen LogP contribution is -2.32. The van der Waals surface area contributed by atoms with Crippen molar-refractivity contribution in [2.75, 3.05) is 12.4 Å². The number of aryl methyl sites for hydroxylation is 1. The number of carbonyl (C=O) groups is 3. The van der Waals surface area contributed by atoms with Crippen molar-refractivity contribution in [1.29, 1.82) is 0 Å². The smallest absolute Gasteiger partial charge is 0.343 e. The predicted octanol–water partition coefficient (Wildman–Crippen LogP) is 3.31. The molecule has 32 heavy (non-hydrogen) atoms. The minimum absolute atomic E-state index is 0.351. The molecule has 8 heteroatoms. The fourth-order valence-electron chi connectivity index (χ4n) is 2.64. The summed E-state index contributed by atoms with van der Waals surface area (Å²) in [5, 5.41) is 6.27. The zero-order valence-corrected chi connectivity index (χ0v) is 17.5. The van der Waals surface area contributed by atoms with Crippen LogP contribution in [0.5, 0.6) is 11.5 Å². The summed E-state index contributed by atoms with van der Waals surface area (Å²) in [4.78, 5) is 36.0. The number of hydrazone groups is 1. The molecule has 0 unspecified atom stereocenters. The monoisotopic (exact) mass is 431 g/mol. The molecule has 0 fully saturated rings. The fraction of sp³-hybridized carbons (Fsp3) is 0.0833. The highest BCUT2D eigenvalue weighted by atomic mass is 16.5. The third-order valence-electron chi connectivity index (χ3n) is 4.28. The van der Waals surface area contributed by atoms with Crippen LogP contribution in [0.15, 0.2) is 77.9 Å². The van der Waals surface area contributed by atoms with E-state index >= 15 is 0 Å². The normalized spacial score (nSPS) is 10.4. The maximum absolute atomic E-state index is 12.2. The average molecular weight is 431 g/mol.